The van der Waals surface area contributed by atoms with Gasteiger partial charge in [0.2, 0.25) is 0 Å². The van der Waals surface area contributed by atoms with Crippen molar-refractivity contribution in [1.29, 1.82) is 0 Å². The minimum atomic E-state index is 0.616. The molecule has 13 heavy (non-hydrogen) atoms. The second kappa shape index (κ2) is 3.18. The Morgan fingerprint density at radius 1 is 1.62 bits per heavy atom. The smallest absolute Gasteiger partial charge is 0.0363 e. The molecule has 0 amide bonds. The van der Waals surface area contributed by atoms with Gasteiger partial charge in [-0.05, 0) is 32.0 Å². The van der Waals surface area contributed by atoms with Gasteiger partial charge >= 0.3 is 0 Å². The molecule has 0 aromatic carbocycles. The monoisotopic (exact) mass is 178 g/mol. The fraction of sp³-hybridized carbons (Fsp3) is 0.636. The zero-order chi connectivity index (χ0) is 9.42. The van der Waals surface area contributed by atoms with E-state index >= 15 is 0 Å². The molecule has 2 unspecified atom stereocenters. The molecule has 2 nitrogen and oxygen atoms in total. The summed E-state index contributed by atoms with van der Waals surface area (Å²) >= 11 is 0. The third kappa shape index (κ3) is 1.29. The third-order valence-corrected chi connectivity index (χ3v) is 3.30. The highest BCUT2D eigenvalue weighted by Gasteiger charge is 2.28. The summed E-state index contributed by atoms with van der Waals surface area (Å²) in [6, 6.07) is 3.51. The lowest BCUT2D eigenvalue weighted by molar-refractivity contribution is 0.161. The van der Waals surface area contributed by atoms with Crippen molar-refractivity contribution in [2.75, 3.05) is 7.05 Å². The van der Waals surface area contributed by atoms with Crippen molar-refractivity contribution in [3.8, 4) is 0 Å². The zero-order valence-electron chi connectivity index (χ0n) is 8.67. The predicted octanol–water partition coefficient (Wildman–Crippen LogP) is 2.34. The van der Waals surface area contributed by atoms with Gasteiger partial charge in [-0.15, -0.1) is 0 Å². The first-order valence-electron chi connectivity index (χ1n) is 5.12. The van der Waals surface area contributed by atoms with Crippen LogP contribution in [0.2, 0.25) is 0 Å². The van der Waals surface area contributed by atoms with Crippen molar-refractivity contribution in [1.82, 2.24) is 9.88 Å². The van der Waals surface area contributed by atoms with E-state index in [0.717, 1.165) is 6.42 Å². The molecule has 1 aromatic heterocycles. The quantitative estimate of drug-likeness (QED) is 0.699. The van der Waals surface area contributed by atoms with E-state index < -0.39 is 0 Å². The lowest BCUT2D eigenvalue weighted by Gasteiger charge is -2.37. The predicted molar refractivity (Wildman–Crippen MR) is 54.8 cm³/mol. The van der Waals surface area contributed by atoms with Crippen LogP contribution in [0.25, 0.3) is 0 Å². The minimum absolute atomic E-state index is 0.616. The molecule has 2 heterocycles. The number of likely N-dealkylation sites (N-methyl/N-ethyl adjacent to an activating group) is 1. The summed E-state index contributed by atoms with van der Waals surface area (Å²) in [5.74, 6) is 0. The number of hydrogen-bond donors (Lipinski definition) is 1. The number of nitrogens with zero attached hydrogens (tertiary/aromatic N) is 1. The lowest BCUT2D eigenvalue weighted by Crippen LogP contribution is -2.38. The normalized spacial score (nSPS) is 28.8. The van der Waals surface area contributed by atoms with E-state index in [-0.39, 0.29) is 0 Å². The number of H-pyrrole nitrogens is 1. The van der Waals surface area contributed by atoms with Crippen molar-refractivity contribution < 1.29 is 0 Å². The molecule has 1 aliphatic heterocycles. The molecule has 2 atom stereocenters. The van der Waals surface area contributed by atoms with Gasteiger partial charge in [-0.3, -0.25) is 4.90 Å². The van der Waals surface area contributed by atoms with Crippen molar-refractivity contribution in [2.45, 2.75) is 38.8 Å². The Labute approximate surface area is 79.9 Å². The standard InChI is InChI=1S/C11H18N2/c1-4-11-9-5-6-12-10(9)7-8(2)13(11)3/h5-6,8,11-12H,4,7H2,1-3H3. The number of aromatic nitrogens is 1. The van der Waals surface area contributed by atoms with E-state index in [4.69, 9.17) is 0 Å². The van der Waals surface area contributed by atoms with Gasteiger partial charge in [0.25, 0.3) is 0 Å². The molecular weight excluding hydrogens is 160 g/mol. The number of rotatable bonds is 1. The summed E-state index contributed by atoms with van der Waals surface area (Å²) < 4.78 is 0. The van der Waals surface area contributed by atoms with Crippen LogP contribution in [-0.4, -0.2) is 23.0 Å². The van der Waals surface area contributed by atoms with Crippen LogP contribution in [0.1, 0.15) is 37.6 Å². The van der Waals surface area contributed by atoms with Crippen LogP contribution in [0.5, 0.6) is 0 Å². The average Bonchev–Trinajstić information content (AvgIpc) is 2.54. The van der Waals surface area contributed by atoms with Crippen LogP contribution in [0.3, 0.4) is 0 Å². The topological polar surface area (TPSA) is 19.0 Å². The van der Waals surface area contributed by atoms with Gasteiger partial charge in [-0.25, -0.2) is 0 Å². The summed E-state index contributed by atoms with van der Waals surface area (Å²) in [6.45, 7) is 4.56. The molecule has 0 aliphatic carbocycles. The molecule has 2 heteroatoms. The van der Waals surface area contributed by atoms with E-state index in [1.165, 1.54) is 17.7 Å². The highest BCUT2D eigenvalue weighted by molar-refractivity contribution is 5.28. The molecule has 72 valence electrons. The van der Waals surface area contributed by atoms with Crippen molar-refractivity contribution in [3.63, 3.8) is 0 Å². The molecule has 1 aromatic rings. The van der Waals surface area contributed by atoms with Crippen molar-refractivity contribution in [2.24, 2.45) is 0 Å². The second-order valence-electron chi connectivity index (χ2n) is 4.05. The number of hydrogen-bond acceptors (Lipinski definition) is 1. The molecule has 0 spiro atoms. The van der Waals surface area contributed by atoms with Gasteiger partial charge in [0.1, 0.15) is 0 Å². The van der Waals surface area contributed by atoms with E-state index in [2.05, 4.69) is 43.0 Å². The number of fused-ring (bicyclic) bond motifs is 1. The van der Waals surface area contributed by atoms with Gasteiger partial charge in [-0.2, -0.15) is 0 Å². The molecule has 0 saturated carbocycles. The highest BCUT2D eigenvalue weighted by Crippen LogP contribution is 2.32. The van der Waals surface area contributed by atoms with Crippen LogP contribution < -0.4 is 0 Å². The Balaban J connectivity index is 2.37. The van der Waals surface area contributed by atoms with Crippen LogP contribution in [-0.2, 0) is 6.42 Å². The summed E-state index contributed by atoms with van der Waals surface area (Å²) in [7, 11) is 2.23. The molecule has 0 saturated heterocycles. The first-order valence-corrected chi connectivity index (χ1v) is 5.12. The fourth-order valence-electron chi connectivity index (χ4n) is 2.38. The lowest BCUT2D eigenvalue weighted by atomic mass is 9.93. The van der Waals surface area contributed by atoms with Gasteiger partial charge < -0.3 is 4.98 Å². The maximum absolute atomic E-state index is 3.35. The Kier molecular flexibility index (Phi) is 2.16. The van der Waals surface area contributed by atoms with E-state index in [1.807, 2.05) is 0 Å². The summed E-state index contributed by atoms with van der Waals surface area (Å²) in [6.07, 6.45) is 4.43. The van der Waals surface area contributed by atoms with Gasteiger partial charge in [0.05, 0.1) is 0 Å². The average molecular weight is 178 g/mol. The summed E-state index contributed by atoms with van der Waals surface area (Å²) in [5.41, 5.74) is 2.94. The van der Waals surface area contributed by atoms with Gasteiger partial charge in [0.15, 0.2) is 0 Å². The zero-order valence-corrected chi connectivity index (χ0v) is 8.67. The maximum Gasteiger partial charge on any atom is 0.0363 e. The Hall–Kier alpha value is -0.760. The summed E-state index contributed by atoms with van der Waals surface area (Å²) in [5, 5.41) is 0. The minimum Gasteiger partial charge on any atom is -0.365 e. The molecule has 0 radical (unpaired) electrons. The van der Waals surface area contributed by atoms with Crippen LogP contribution in [0.15, 0.2) is 12.3 Å². The maximum atomic E-state index is 3.35. The molecule has 1 N–H and O–H groups in total. The first-order chi connectivity index (χ1) is 6.24. The van der Waals surface area contributed by atoms with Crippen molar-refractivity contribution >= 4 is 0 Å². The molecule has 2 rings (SSSR count). The Morgan fingerprint density at radius 2 is 2.38 bits per heavy atom. The van der Waals surface area contributed by atoms with E-state index in [9.17, 15) is 0 Å². The summed E-state index contributed by atoms with van der Waals surface area (Å²) in [4.78, 5) is 5.83. The third-order valence-electron chi connectivity index (χ3n) is 3.30. The van der Waals surface area contributed by atoms with Crippen LogP contribution in [0, 0.1) is 0 Å². The van der Waals surface area contributed by atoms with E-state index in [0.29, 0.717) is 12.1 Å². The highest BCUT2D eigenvalue weighted by atomic mass is 15.2. The SMILES string of the molecule is CCC1c2cc[nH]c2CC(C)N1C. The largest absolute Gasteiger partial charge is 0.365 e. The second-order valence-corrected chi connectivity index (χ2v) is 4.05. The van der Waals surface area contributed by atoms with Crippen molar-refractivity contribution in [3.05, 3.63) is 23.5 Å². The molecule has 1 aliphatic rings. The van der Waals surface area contributed by atoms with Gasteiger partial charge in [0, 0.05) is 30.4 Å². The van der Waals surface area contributed by atoms with Crippen LogP contribution >= 0.6 is 0 Å². The Bertz CT molecular complexity index is 290. The number of nitrogens with one attached hydrogen (secondary N) is 1. The van der Waals surface area contributed by atoms with Gasteiger partial charge in [-0.1, -0.05) is 6.92 Å². The molecular formula is C11H18N2. The van der Waals surface area contributed by atoms with Crippen LogP contribution in [0.4, 0.5) is 0 Å². The Morgan fingerprint density at radius 3 is 3.08 bits per heavy atom. The van der Waals surface area contributed by atoms with E-state index in [1.54, 1.807) is 0 Å². The first kappa shape index (κ1) is 8.82. The number of aromatic amines is 1. The fourth-order valence-corrected chi connectivity index (χ4v) is 2.38. The molecule has 0 fully saturated rings. The molecule has 0 bridgehead atoms.